The number of nitrogens with zero attached hydrogens (tertiary/aromatic N) is 3. The Kier molecular flexibility index (Phi) is 5.84. The van der Waals surface area contributed by atoms with Gasteiger partial charge in [0, 0.05) is 18.2 Å². The Balaban J connectivity index is 1.69. The van der Waals surface area contributed by atoms with Gasteiger partial charge in [-0.05, 0) is 48.7 Å². The fourth-order valence-corrected chi connectivity index (χ4v) is 3.63. The van der Waals surface area contributed by atoms with E-state index in [1.807, 2.05) is 67.7 Å². The molecule has 0 saturated heterocycles. The maximum Gasteiger partial charge on any atom is 0.286 e. The number of amides is 1. The second-order valence-electron chi connectivity index (χ2n) is 7.35. The molecule has 0 aliphatic carbocycles. The number of nitrogens with one attached hydrogen (secondary N) is 1. The molecule has 0 radical (unpaired) electrons. The fraction of sp³-hybridized carbons (Fsp3) is 0.208. The first-order valence-corrected chi connectivity index (χ1v) is 10.2. The number of pyridine rings is 1. The third-order valence-electron chi connectivity index (χ3n) is 5.13. The van der Waals surface area contributed by atoms with Crippen LogP contribution in [0, 0.1) is 6.92 Å². The number of carbonyl (C=O) groups is 1. The van der Waals surface area contributed by atoms with Crippen molar-refractivity contribution in [3.05, 3.63) is 78.1 Å². The molecule has 3 aromatic rings. The van der Waals surface area contributed by atoms with Crippen LogP contribution in [0.25, 0.3) is 11.1 Å². The van der Waals surface area contributed by atoms with Crippen LogP contribution in [0.1, 0.15) is 18.1 Å². The number of nitrogens with two attached hydrogens (primary N) is 1. The van der Waals surface area contributed by atoms with Gasteiger partial charge in [0.05, 0.1) is 18.5 Å². The van der Waals surface area contributed by atoms with E-state index in [-0.39, 0.29) is 12.0 Å². The van der Waals surface area contributed by atoms with E-state index in [1.54, 1.807) is 11.2 Å². The van der Waals surface area contributed by atoms with Gasteiger partial charge in [0.15, 0.2) is 0 Å². The zero-order valence-corrected chi connectivity index (χ0v) is 17.6. The summed E-state index contributed by atoms with van der Waals surface area (Å²) in [6.07, 6.45) is 3.94. The number of hydrogen-bond acceptors (Lipinski definition) is 6. The quantitative estimate of drug-likeness (QED) is 0.618. The lowest BCUT2D eigenvalue weighted by Crippen LogP contribution is -2.43. The molecule has 7 nitrogen and oxygen atoms in total. The van der Waals surface area contributed by atoms with Gasteiger partial charge in [0.25, 0.3) is 5.91 Å². The predicted octanol–water partition coefficient (Wildman–Crippen LogP) is 3.23. The van der Waals surface area contributed by atoms with Crippen LogP contribution in [0.4, 0.5) is 5.69 Å². The van der Waals surface area contributed by atoms with Gasteiger partial charge in [-0.1, -0.05) is 36.4 Å². The third kappa shape index (κ3) is 4.50. The lowest BCUT2D eigenvalue weighted by Gasteiger charge is -2.24. The number of primary amides is 1. The molecule has 0 bridgehead atoms. The van der Waals surface area contributed by atoms with E-state index in [4.69, 9.17) is 10.5 Å². The Morgan fingerprint density at radius 1 is 1.16 bits per heavy atom. The number of hydrogen-bond donors (Lipinski definition) is 2. The van der Waals surface area contributed by atoms with Crippen LogP contribution >= 0.6 is 0 Å². The van der Waals surface area contributed by atoms with Gasteiger partial charge in [-0.25, -0.2) is 5.01 Å². The van der Waals surface area contributed by atoms with E-state index in [1.165, 1.54) is 0 Å². The number of rotatable bonds is 7. The average molecular weight is 415 g/mol. The van der Waals surface area contributed by atoms with Crippen molar-refractivity contribution in [1.82, 2.24) is 10.3 Å². The highest BCUT2D eigenvalue weighted by molar-refractivity contribution is 6.38. The molecule has 1 aliphatic heterocycles. The van der Waals surface area contributed by atoms with Crippen molar-refractivity contribution in [1.29, 1.82) is 0 Å². The molecule has 7 heteroatoms. The third-order valence-corrected chi connectivity index (χ3v) is 5.13. The molecule has 2 heterocycles. The van der Waals surface area contributed by atoms with Crippen LogP contribution in [0.3, 0.4) is 0 Å². The largest absolute Gasteiger partial charge is 0.494 e. The van der Waals surface area contributed by atoms with Gasteiger partial charge >= 0.3 is 0 Å². The summed E-state index contributed by atoms with van der Waals surface area (Å²) in [6.45, 7) is 4.62. The van der Waals surface area contributed by atoms with Crippen molar-refractivity contribution in [3.8, 4) is 16.9 Å². The summed E-state index contributed by atoms with van der Waals surface area (Å²) < 4.78 is 5.66. The number of aryl methyl sites for hydroxylation is 1. The van der Waals surface area contributed by atoms with Gasteiger partial charge in [0.1, 0.15) is 11.9 Å². The number of anilines is 1. The number of amidine groups is 1. The first-order valence-electron chi connectivity index (χ1n) is 10.2. The van der Waals surface area contributed by atoms with Gasteiger partial charge in [-0.2, -0.15) is 0 Å². The second kappa shape index (κ2) is 8.87. The van der Waals surface area contributed by atoms with Gasteiger partial charge < -0.3 is 15.8 Å². The standard InChI is InChI=1S/C24H25N5O2/c1-3-31-20-10-9-16(2)21(13-20)18-12-19(15-26-14-18)29-22(27-24(28-29)23(25)30)11-17-7-5-4-6-8-17/h4-10,12-15,22H,3,11H2,1-2H3,(H2,25,30)(H,27,28). The number of hydrazone groups is 1. The molecule has 158 valence electrons. The van der Waals surface area contributed by atoms with Crippen LogP contribution in [-0.2, 0) is 11.2 Å². The van der Waals surface area contributed by atoms with Gasteiger partial charge in [-0.3, -0.25) is 9.78 Å². The molecular weight excluding hydrogens is 390 g/mol. The van der Waals surface area contributed by atoms with Crippen molar-refractivity contribution < 1.29 is 9.53 Å². The number of carbonyl (C=O) groups excluding carboxylic acids is 1. The van der Waals surface area contributed by atoms with E-state index in [2.05, 4.69) is 22.3 Å². The Morgan fingerprint density at radius 3 is 2.71 bits per heavy atom. The summed E-state index contributed by atoms with van der Waals surface area (Å²) in [6, 6.07) is 18.1. The molecular formula is C24H25N5O2. The second-order valence-corrected chi connectivity index (χ2v) is 7.35. The minimum absolute atomic E-state index is 0.140. The van der Waals surface area contributed by atoms with Crippen LogP contribution < -0.4 is 20.8 Å². The summed E-state index contributed by atoms with van der Waals surface area (Å²) in [5.74, 6) is 0.359. The number of aromatic nitrogens is 1. The van der Waals surface area contributed by atoms with Gasteiger partial charge in [0.2, 0.25) is 5.84 Å². The molecule has 1 aliphatic rings. The summed E-state index contributed by atoms with van der Waals surface area (Å²) in [5, 5.41) is 9.35. The van der Waals surface area contributed by atoms with Crippen LogP contribution in [0.5, 0.6) is 5.75 Å². The van der Waals surface area contributed by atoms with Crippen LogP contribution in [0.15, 0.2) is 72.1 Å². The van der Waals surface area contributed by atoms with Crippen LogP contribution in [-0.4, -0.2) is 29.5 Å². The molecule has 0 spiro atoms. The minimum atomic E-state index is -0.593. The predicted molar refractivity (Wildman–Crippen MR) is 122 cm³/mol. The SMILES string of the molecule is CCOc1ccc(C)c(-c2cncc(N3N=C(C(N)=O)NC3Cc3ccccc3)c2)c1. The Bertz CT molecular complexity index is 1110. The molecule has 31 heavy (non-hydrogen) atoms. The molecule has 1 aromatic heterocycles. The normalized spacial score (nSPS) is 15.4. The summed E-state index contributed by atoms with van der Waals surface area (Å²) in [4.78, 5) is 16.2. The van der Waals surface area contributed by atoms with Crippen molar-refractivity contribution >= 4 is 17.4 Å². The van der Waals surface area contributed by atoms with Gasteiger partial charge in [-0.15, -0.1) is 5.10 Å². The van der Waals surface area contributed by atoms with E-state index < -0.39 is 5.91 Å². The van der Waals surface area contributed by atoms with Crippen LogP contribution in [0.2, 0.25) is 0 Å². The first-order chi connectivity index (χ1) is 15.0. The smallest absolute Gasteiger partial charge is 0.286 e. The highest BCUT2D eigenvalue weighted by Gasteiger charge is 2.30. The minimum Gasteiger partial charge on any atom is -0.494 e. The Morgan fingerprint density at radius 2 is 1.97 bits per heavy atom. The molecule has 4 rings (SSSR count). The Hall–Kier alpha value is -3.87. The van der Waals surface area contributed by atoms with Crippen molar-refractivity contribution in [2.75, 3.05) is 11.6 Å². The zero-order chi connectivity index (χ0) is 21.8. The van der Waals surface area contributed by atoms with Crippen molar-refractivity contribution in [3.63, 3.8) is 0 Å². The molecule has 3 N–H and O–H groups in total. The Labute approximate surface area is 181 Å². The monoisotopic (exact) mass is 415 g/mol. The van der Waals surface area contributed by atoms with E-state index in [0.717, 1.165) is 33.7 Å². The summed E-state index contributed by atoms with van der Waals surface area (Å²) >= 11 is 0. The maximum absolute atomic E-state index is 11.8. The van der Waals surface area contributed by atoms with Crippen molar-refractivity contribution in [2.45, 2.75) is 26.4 Å². The number of benzene rings is 2. The fourth-order valence-electron chi connectivity index (χ4n) is 3.63. The molecule has 0 saturated carbocycles. The van der Waals surface area contributed by atoms with Crippen molar-refractivity contribution in [2.24, 2.45) is 10.8 Å². The zero-order valence-electron chi connectivity index (χ0n) is 17.6. The molecule has 2 aromatic carbocycles. The topological polar surface area (TPSA) is 92.8 Å². The van der Waals surface area contributed by atoms with E-state index in [0.29, 0.717) is 13.0 Å². The van der Waals surface area contributed by atoms with E-state index in [9.17, 15) is 4.79 Å². The molecule has 1 amide bonds. The maximum atomic E-state index is 11.8. The summed E-state index contributed by atoms with van der Waals surface area (Å²) in [5.41, 5.74) is 10.5. The lowest BCUT2D eigenvalue weighted by molar-refractivity contribution is -0.112. The number of ether oxygens (including phenoxy) is 1. The van der Waals surface area contributed by atoms with E-state index >= 15 is 0 Å². The first kappa shape index (κ1) is 20.4. The lowest BCUT2D eigenvalue weighted by atomic mass is 10.0. The molecule has 1 unspecified atom stereocenters. The highest BCUT2D eigenvalue weighted by atomic mass is 16.5. The summed E-state index contributed by atoms with van der Waals surface area (Å²) in [7, 11) is 0. The highest BCUT2D eigenvalue weighted by Crippen LogP contribution is 2.31. The average Bonchev–Trinajstić information content (AvgIpc) is 3.20. The molecule has 0 fully saturated rings. The molecule has 1 atom stereocenters.